The van der Waals surface area contributed by atoms with E-state index in [9.17, 15) is 86.3 Å². The van der Waals surface area contributed by atoms with Crippen molar-refractivity contribution in [2.75, 3.05) is 42.7 Å². The maximum absolute atomic E-state index is 13.8. The second kappa shape index (κ2) is 48.3. The summed E-state index contributed by atoms with van der Waals surface area (Å²) in [7, 11) is 6.62. The smallest absolute Gasteiger partial charge is 0.343 e. The third-order valence-electron chi connectivity index (χ3n) is 21.8. The molecule has 3 aromatic heterocycles. The van der Waals surface area contributed by atoms with Gasteiger partial charge in [0.15, 0.2) is 0 Å². The summed E-state index contributed by atoms with van der Waals surface area (Å²) in [5.41, 5.74) is 0.511. The minimum absolute atomic E-state index is 0.0437. The van der Waals surface area contributed by atoms with Crippen LogP contribution in [0.5, 0.6) is 34.5 Å². The summed E-state index contributed by atoms with van der Waals surface area (Å²) in [6, 6.07) is 55.2. The van der Waals surface area contributed by atoms with Gasteiger partial charge >= 0.3 is 71.6 Å². The predicted octanol–water partition coefficient (Wildman–Crippen LogP) is 8.58. The monoisotopic (exact) mass is 1950 g/mol. The van der Waals surface area contributed by atoms with Crippen LogP contribution in [-0.4, -0.2) is 201 Å². The van der Waals surface area contributed by atoms with Gasteiger partial charge in [-0.15, -0.1) is 0 Å². The van der Waals surface area contributed by atoms with Crippen LogP contribution in [-0.2, 0) is 95.7 Å². The lowest BCUT2D eigenvalue weighted by Gasteiger charge is -2.18. The van der Waals surface area contributed by atoms with E-state index >= 15 is 0 Å². The number of ether oxygens (including phenoxy) is 12. The van der Waals surface area contributed by atoms with Crippen LogP contribution in [0.2, 0.25) is 0 Å². The SMILES string of the molecule is COC(=O)[C@@H]1Cc2ccc(cc2)OC(=O)c2cccc(c2)C(=O)Oc2ccc(cc2)C[C@@H](C(=O)OC)NC(=O)c2cccc(n2)C(=O)N[C@H](C(=O)OC)Cc2ccc(cc2)OC(=O)c2cccc(c2)C(=O)Oc2ccc(cc2)C[C@@H](C(=O)OC)NC(=O)c2cccc(n2)C(=O)N[C@H](C(=O)OC)Cc2ccc(cc2)OC(=O)c2cccc(c2)C(=O)Oc2ccc(cc2)C[C@@H](C(=O)OC)NC(=O)c2cccc(n2)C(=O)N1. The van der Waals surface area contributed by atoms with Crippen LogP contribution in [0.1, 0.15) is 158 Å². The number of rotatable bonds is 6. The number of benzene rings is 9. The molecule has 6 atom stereocenters. The molecule has 39 heteroatoms. The Morgan fingerprint density at radius 2 is 0.340 bits per heavy atom. The number of pyridine rings is 3. The number of carbonyl (C=O) groups is 18. The number of nitrogens with zero attached hydrogens (tertiary/aromatic N) is 3. The van der Waals surface area contributed by atoms with E-state index in [0.717, 1.165) is 42.7 Å². The first-order valence-electron chi connectivity index (χ1n) is 43.8. The molecule has 24 bridgehead atoms. The number of esters is 12. The summed E-state index contributed by atoms with van der Waals surface area (Å²) in [6.07, 6.45) is -0.966. The highest BCUT2D eigenvalue weighted by Gasteiger charge is 2.33. The molecular weight excluding hydrogens is 1870 g/mol. The van der Waals surface area contributed by atoms with E-state index in [1.807, 2.05) is 0 Å². The molecule has 0 radical (unpaired) electrons. The molecule has 144 heavy (non-hydrogen) atoms. The molecule has 0 saturated carbocycles. The molecule has 6 N–H and O–H groups in total. The number of amides is 6. The maximum atomic E-state index is 13.8. The summed E-state index contributed by atoms with van der Waals surface area (Å²) in [4.78, 5) is 256. The number of aromatic nitrogens is 3. The molecule has 0 saturated heterocycles. The quantitative estimate of drug-likeness (QED) is 0.0515. The molecule has 22 rings (SSSR count). The Morgan fingerprint density at radius 1 is 0.208 bits per heavy atom. The Balaban J connectivity index is 0.681. The Hall–Kier alpha value is -19.1. The highest BCUT2D eigenvalue weighted by atomic mass is 16.6. The highest BCUT2D eigenvalue weighted by molar-refractivity contribution is 6.04. The Morgan fingerprint density at radius 3 is 0.472 bits per heavy atom. The minimum atomic E-state index is -1.33. The van der Waals surface area contributed by atoms with Gasteiger partial charge in [0.25, 0.3) is 35.4 Å². The average Bonchev–Trinajstić information content (AvgIpc) is 0.848. The first-order valence-corrected chi connectivity index (χ1v) is 43.8. The van der Waals surface area contributed by atoms with Crippen molar-refractivity contribution in [3.63, 3.8) is 0 Å². The number of nitrogens with one attached hydrogen (secondary N) is 6. The highest BCUT2D eigenvalue weighted by Crippen LogP contribution is 2.27. The van der Waals surface area contributed by atoms with Crippen molar-refractivity contribution in [2.45, 2.75) is 74.8 Å². The summed E-state index contributed by atoms with van der Waals surface area (Å²) < 4.78 is 63.7. The molecule has 39 nitrogen and oxygen atoms in total. The number of carbonyl (C=O) groups excluding carboxylic acids is 18. The van der Waals surface area contributed by atoms with Crippen molar-refractivity contribution >= 4 is 107 Å². The molecule has 6 amide bonds. The topological polar surface area (TPSA) is 529 Å². The van der Waals surface area contributed by atoms with E-state index in [2.05, 4.69) is 46.9 Å². The van der Waals surface area contributed by atoms with E-state index in [4.69, 9.17) is 56.8 Å². The summed E-state index contributed by atoms with van der Waals surface area (Å²) in [6.45, 7) is 0. The van der Waals surface area contributed by atoms with Gasteiger partial charge in [-0.2, -0.15) is 0 Å². The fraction of sp³-hybridized carbons (Fsp3) is 0.171. The van der Waals surface area contributed by atoms with Gasteiger partial charge < -0.3 is 88.7 Å². The van der Waals surface area contributed by atoms with E-state index in [1.165, 1.54) is 273 Å². The molecule has 10 aliphatic rings. The zero-order valence-corrected chi connectivity index (χ0v) is 77.3. The number of methoxy groups -OCH3 is 6. The maximum Gasteiger partial charge on any atom is 0.343 e. The van der Waals surface area contributed by atoms with Crippen molar-refractivity contribution in [2.24, 2.45) is 0 Å². The van der Waals surface area contributed by atoms with Crippen LogP contribution in [0.15, 0.2) is 273 Å². The fourth-order valence-electron chi connectivity index (χ4n) is 14.4. The third-order valence-corrected chi connectivity index (χ3v) is 21.8. The van der Waals surface area contributed by atoms with Crippen LogP contribution in [0.4, 0.5) is 0 Å². The molecule has 0 unspecified atom stereocenters. The first-order chi connectivity index (χ1) is 69.4. The van der Waals surface area contributed by atoms with Gasteiger partial charge in [0.1, 0.15) is 105 Å². The van der Waals surface area contributed by atoms with Gasteiger partial charge in [-0.05, 0) is 197 Å². The molecule has 732 valence electrons. The van der Waals surface area contributed by atoms with Gasteiger partial charge in [-0.1, -0.05) is 109 Å². The zero-order valence-electron chi connectivity index (χ0n) is 77.3. The Bertz CT molecular complexity index is 5880. The van der Waals surface area contributed by atoms with Gasteiger partial charge in [0.2, 0.25) is 0 Å². The molecule has 13 heterocycles. The lowest BCUT2D eigenvalue weighted by atomic mass is 10.1. The van der Waals surface area contributed by atoms with E-state index < -0.39 is 143 Å². The molecule has 10 aliphatic heterocycles. The lowest BCUT2D eigenvalue weighted by molar-refractivity contribution is -0.143. The molecule has 0 aliphatic carbocycles. The van der Waals surface area contributed by atoms with Crippen molar-refractivity contribution in [3.05, 3.63) is 374 Å². The standard InChI is InChI=1S/C105H87N9O30/c1-133-100(127)82-49-58-25-37-70(38-26-58)139-94(121)64-13-7-14-65(55-64)95(122)140-72-41-29-60(30-42-72)51-84(102(129)135-3)111-90(117)78-21-11-22-79(107-78)91(118)112-86(104(131)137-5)53-62-33-45-74(46-34-62)143-98(125)68-17-9-18-69(57-68)99(126)144-75-47-35-63(36-48-75)54-87(105(132)138-6)114-93(120)81-24-12-23-80(108-81)92(119)113-85(103(130)136-4)52-61-31-43-73(44-32-61)142-97(124)67-16-8-15-66(56-67)96(123)141-71-39-27-59(28-40-71)50-83(101(128)134-2)110-89(116)77-20-10-19-76(106-77)88(115)109-82/h7-48,55-57,82-87H,49-54H2,1-6H3,(H,109,115)(H,110,116)(H,111,117)(H,112,118)(H,113,119)(H,114,120)/t82-,83-,84-,85-,86-,87-/m0/s1. The average molecular weight is 1950 g/mol. The van der Waals surface area contributed by atoms with Crippen LogP contribution in [0.3, 0.4) is 0 Å². The second-order valence-electron chi connectivity index (χ2n) is 31.7. The van der Waals surface area contributed by atoms with Crippen molar-refractivity contribution < 1.29 is 143 Å². The summed E-state index contributed by atoms with van der Waals surface area (Å²) in [5, 5.41) is 15.4. The molecule has 0 spiro atoms. The minimum Gasteiger partial charge on any atom is -0.467 e. The van der Waals surface area contributed by atoms with Gasteiger partial charge in [0, 0.05) is 38.5 Å². The van der Waals surface area contributed by atoms with Crippen LogP contribution >= 0.6 is 0 Å². The van der Waals surface area contributed by atoms with Crippen LogP contribution < -0.4 is 60.3 Å². The normalized spacial score (nSPS) is 17.0. The van der Waals surface area contributed by atoms with Crippen molar-refractivity contribution in [1.82, 2.24) is 46.9 Å². The van der Waals surface area contributed by atoms with E-state index in [0.29, 0.717) is 33.4 Å². The second-order valence-corrected chi connectivity index (χ2v) is 31.7. The zero-order chi connectivity index (χ0) is 103. The lowest BCUT2D eigenvalue weighted by Crippen LogP contribution is -2.44. The van der Waals surface area contributed by atoms with Gasteiger partial charge in [-0.25, -0.2) is 72.5 Å². The first kappa shape index (κ1) is 102. The van der Waals surface area contributed by atoms with Crippen LogP contribution in [0, 0.1) is 0 Å². The fourth-order valence-corrected chi connectivity index (χ4v) is 14.4. The number of hydrogen-bond acceptors (Lipinski definition) is 33. The summed E-state index contributed by atoms with van der Waals surface area (Å²) >= 11 is 0. The molecule has 12 aromatic rings. The Kier molecular flexibility index (Phi) is 34.3. The van der Waals surface area contributed by atoms with E-state index in [1.54, 1.807) is 0 Å². The third kappa shape index (κ3) is 27.7. The number of hydrogen-bond donors (Lipinski definition) is 6. The van der Waals surface area contributed by atoms with Crippen molar-refractivity contribution in [1.29, 1.82) is 0 Å². The van der Waals surface area contributed by atoms with Crippen LogP contribution in [0.25, 0.3) is 0 Å². The predicted molar refractivity (Wildman–Crippen MR) is 502 cm³/mol. The van der Waals surface area contributed by atoms with Gasteiger partial charge in [-0.3, -0.25) is 28.8 Å². The van der Waals surface area contributed by atoms with Crippen molar-refractivity contribution in [3.8, 4) is 34.5 Å². The largest absolute Gasteiger partial charge is 0.467 e. The molecular formula is C105H87N9O30. The Labute approximate surface area is 818 Å². The van der Waals surface area contributed by atoms with E-state index in [-0.39, 0.29) is 141 Å². The molecule has 0 fully saturated rings. The summed E-state index contributed by atoms with van der Waals surface area (Å²) in [5.74, 6) is -15.6. The van der Waals surface area contributed by atoms with Gasteiger partial charge in [0.05, 0.1) is 76.0 Å². The molecule has 9 aromatic carbocycles.